The number of hydrogen-bond donors (Lipinski definition) is 3. The summed E-state index contributed by atoms with van der Waals surface area (Å²) in [7, 11) is 0. The summed E-state index contributed by atoms with van der Waals surface area (Å²) in [5.41, 5.74) is 8.34. The third kappa shape index (κ3) is 1.89. The number of nitrogens with two attached hydrogens (primary N) is 1. The molecule has 5 heteroatoms. The molecule has 4 N–H and O–H groups in total. The average molecular weight is 265 g/mol. The van der Waals surface area contributed by atoms with E-state index in [1.807, 2.05) is 6.92 Å². The number of amides is 1. The van der Waals surface area contributed by atoms with Gasteiger partial charge in [0, 0.05) is 11.1 Å². The fourth-order valence-corrected chi connectivity index (χ4v) is 2.71. The van der Waals surface area contributed by atoms with Gasteiger partial charge in [0.25, 0.3) is 0 Å². The molecule has 3 unspecified atom stereocenters. The van der Waals surface area contributed by atoms with Gasteiger partial charge in [0.15, 0.2) is 0 Å². The number of hydrogen-bond acceptors (Lipinski definition) is 4. The predicted octanol–water partition coefficient (Wildman–Crippen LogP) is 0.886. The maximum Gasteiger partial charge on any atom is 0.249 e. The van der Waals surface area contributed by atoms with Crippen LogP contribution >= 0.6 is 0 Å². The van der Waals surface area contributed by atoms with E-state index >= 15 is 0 Å². The van der Waals surface area contributed by atoms with Gasteiger partial charge in [-0.05, 0) is 44.4 Å². The van der Waals surface area contributed by atoms with Gasteiger partial charge in [-0.2, -0.15) is 0 Å². The zero-order chi connectivity index (χ0) is 14.5. The fraction of sp³-hybridized carbons (Fsp3) is 0.500. The maximum absolute atomic E-state index is 11.6. The molecular formula is C14H19NO4. The molecule has 3 atom stereocenters. The van der Waals surface area contributed by atoms with Crippen LogP contribution in [0.2, 0.25) is 0 Å². The van der Waals surface area contributed by atoms with Crippen LogP contribution in [0, 0.1) is 20.8 Å². The minimum absolute atomic E-state index is 0.389. The first-order chi connectivity index (χ1) is 8.77. The van der Waals surface area contributed by atoms with Crippen LogP contribution in [-0.2, 0) is 0 Å². The summed E-state index contributed by atoms with van der Waals surface area (Å²) in [4.78, 5) is 11.6. The molecule has 1 aromatic rings. The molecule has 0 radical (unpaired) electrons. The monoisotopic (exact) mass is 265 g/mol. The third-order valence-electron chi connectivity index (χ3n) is 3.95. The van der Waals surface area contributed by atoms with Crippen molar-refractivity contribution >= 4 is 5.91 Å². The number of carbonyl (C=O) groups excluding carboxylic acids is 1. The molecule has 1 aliphatic heterocycles. The molecule has 1 aliphatic rings. The number of ether oxygens (including phenoxy) is 1. The highest BCUT2D eigenvalue weighted by molar-refractivity contribution is 5.97. The van der Waals surface area contributed by atoms with E-state index in [1.165, 1.54) is 0 Å². The quantitative estimate of drug-likeness (QED) is 0.703. The first-order valence-electron chi connectivity index (χ1n) is 6.23. The van der Waals surface area contributed by atoms with Gasteiger partial charge in [-0.3, -0.25) is 4.79 Å². The summed E-state index contributed by atoms with van der Waals surface area (Å²) < 4.78 is 5.68. The summed E-state index contributed by atoms with van der Waals surface area (Å²) in [6.45, 7) is 7.02. The Kier molecular flexibility index (Phi) is 3.28. The number of primary amides is 1. The Morgan fingerprint density at radius 2 is 1.74 bits per heavy atom. The maximum atomic E-state index is 11.6. The second kappa shape index (κ2) is 4.51. The van der Waals surface area contributed by atoms with Crippen LogP contribution in [0.25, 0.3) is 0 Å². The number of aliphatic hydroxyl groups excluding tert-OH is 2. The van der Waals surface area contributed by atoms with E-state index in [9.17, 15) is 15.0 Å². The Morgan fingerprint density at radius 3 is 2.26 bits per heavy atom. The van der Waals surface area contributed by atoms with Crippen molar-refractivity contribution < 1.29 is 19.7 Å². The summed E-state index contributed by atoms with van der Waals surface area (Å²) in [5, 5.41) is 20.1. The fourth-order valence-electron chi connectivity index (χ4n) is 2.71. The van der Waals surface area contributed by atoms with Gasteiger partial charge >= 0.3 is 0 Å². The first kappa shape index (κ1) is 13.8. The summed E-state index contributed by atoms with van der Waals surface area (Å²) in [5.74, 6) is 0.00603. The molecule has 1 aromatic carbocycles. The molecule has 0 aromatic heterocycles. The molecule has 19 heavy (non-hydrogen) atoms. The second-order valence-electron chi connectivity index (χ2n) is 5.12. The van der Waals surface area contributed by atoms with E-state index in [1.54, 1.807) is 20.8 Å². The highest BCUT2D eigenvalue weighted by Gasteiger charge is 2.37. The van der Waals surface area contributed by atoms with Crippen LogP contribution in [0.1, 0.15) is 45.6 Å². The standard InChI is InChI=1S/C14H19NO4/c1-5-6(2)13-10(7(3)9(5)14(15)18)12(17)11(16)8(4)19-13/h8,11-12,16-17H,1-4H3,(H2,15,18). The zero-order valence-corrected chi connectivity index (χ0v) is 11.5. The van der Waals surface area contributed by atoms with Gasteiger partial charge < -0.3 is 20.7 Å². The van der Waals surface area contributed by atoms with Crippen molar-refractivity contribution in [2.24, 2.45) is 5.73 Å². The van der Waals surface area contributed by atoms with Gasteiger partial charge in [-0.15, -0.1) is 0 Å². The van der Waals surface area contributed by atoms with E-state index in [-0.39, 0.29) is 0 Å². The van der Waals surface area contributed by atoms with Crippen molar-refractivity contribution in [3.63, 3.8) is 0 Å². The molecule has 0 saturated heterocycles. The van der Waals surface area contributed by atoms with Crippen LogP contribution in [0.15, 0.2) is 0 Å². The molecule has 2 rings (SSSR count). The Bertz CT molecular complexity index is 553. The highest BCUT2D eigenvalue weighted by Crippen LogP contribution is 2.42. The number of carbonyl (C=O) groups is 1. The largest absolute Gasteiger partial charge is 0.487 e. The van der Waals surface area contributed by atoms with Crippen LogP contribution in [0.4, 0.5) is 0 Å². The minimum atomic E-state index is -1.07. The molecule has 5 nitrogen and oxygen atoms in total. The summed E-state index contributed by atoms with van der Waals surface area (Å²) in [6, 6.07) is 0. The lowest BCUT2D eigenvalue weighted by atomic mass is 9.85. The normalized spacial score (nSPS) is 25.7. The topological polar surface area (TPSA) is 92.8 Å². The van der Waals surface area contributed by atoms with Gasteiger partial charge in [0.1, 0.15) is 24.1 Å². The lowest BCUT2D eigenvalue weighted by Gasteiger charge is -2.35. The van der Waals surface area contributed by atoms with E-state index in [4.69, 9.17) is 10.5 Å². The molecule has 104 valence electrons. The van der Waals surface area contributed by atoms with Crippen LogP contribution in [0.5, 0.6) is 5.75 Å². The number of fused-ring (bicyclic) bond motifs is 1. The third-order valence-corrected chi connectivity index (χ3v) is 3.95. The molecule has 0 spiro atoms. The van der Waals surface area contributed by atoms with E-state index < -0.39 is 24.2 Å². The van der Waals surface area contributed by atoms with Crippen molar-refractivity contribution in [2.75, 3.05) is 0 Å². The van der Waals surface area contributed by atoms with Gasteiger partial charge in [-0.25, -0.2) is 0 Å². The number of rotatable bonds is 1. The molecule has 1 heterocycles. The lowest BCUT2D eigenvalue weighted by molar-refractivity contribution is -0.0621. The van der Waals surface area contributed by atoms with Crippen molar-refractivity contribution in [3.05, 3.63) is 27.8 Å². The molecule has 0 fully saturated rings. The van der Waals surface area contributed by atoms with Crippen LogP contribution in [0.3, 0.4) is 0 Å². The number of aliphatic hydroxyl groups is 2. The Labute approximate surface area is 112 Å². The zero-order valence-electron chi connectivity index (χ0n) is 11.5. The SMILES string of the molecule is Cc1c(C)c(C(N)=O)c(C)c2c1OC(C)C(O)C2O. The van der Waals surface area contributed by atoms with Crippen molar-refractivity contribution in [1.82, 2.24) is 0 Å². The van der Waals surface area contributed by atoms with Crippen molar-refractivity contribution in [2.45, 2.75) is 46.0 Å². The molecule has 0 bridgehead atoms. The van der Waals surface area contributed by atoms with Crippen molar-refractivity contribution in [3.8, 4) is 5.75 Å². The predicted molar refractivity (Wildman–Crippen MR) is 70.2 cm³/mol. The van der Waals surface area contributed by atoms with E-state index in [2.05, 4.69) is 0 Å². The molecular weight excluding hydrogens is 246 g/mol. The van der Waals surface area contributed by atoms with E-state index in [0.29, 0.717) is 22.4 Å². The minimum Gasteiger partial charge on any atom is -0.487 e. The van der Waals surface area contributed by atoms with Gasteiger partial charge in [0.05, 0.1) is 0 Å². The Hall–Kier alpha value is -1.59. The van der Waals surface area contributed by atoms with Crippen molar-refractivity contribution in [1.29, 1.82) is 0 Å². The molecule has 1 amide bonds. The van der Waals surface area contributed by atoms with Crippen LogP contribution in [-0.4, -0.2) is 28.3 Å². The summed E-state index contributed by atoms with van der Waals surface area (Å²) in [6.07, 6.45) is -2.59. The second-order valence-corrected chi connectivity index (χ2v) is 5.12. The first-order valence-corrected chi connectivity index (χ1v) is 6.23. The van der Waals surface area contributed by atoms with Gasteiger partial charge in [0.2, 0.25) is 5.91 Å². The average Bonchev–Trinajstić information content (AvgIpc) is 2.32. The van der Waals surface area contributed by atoms with Gasteiger partial charge in [-0.1, -0.05) is 0 Å². The molecule has 0 aliphatic carbocycles. The lowest BCUT2D eigenvalue weighted by Crippen LogP contribution is -2.39. The molecule has 0 saturated carbocycles. The Balaban J connectivity index is 2.79. The number of benzene rings is 1. The summed E-state index contributed by atoms with van der Waals surface area (Å²) >= 11 is 0. The van der Waals surface area contributed by atoms with E-state index in [0.717, 1.165) is 11.1 Å². The Morgan fingerprint density at radius 1 is 1.16 bits per heavy atom. The smallest absolute Gasteiger partial charge is 0.249 e. The highest BCUT2D eigenvalue weighted by atomic mass is 16.5. The van der Waals surface area contributed by atoms with Crippen LogP contribution < -0.4 is 10.5 Å².